The van der Waals surface area contributed by atoms with E-state index < -0.39 is 17.2 Å². The number of esters is 2. The SMILES string of the molecule is CCOC(=O)C(Sc1nc2c([nH]c3ccccc32)c(=O)n1-c1cccc(C)c1C)C(=O)OCC. The minimum Gasteiger partial charge on any atom is -0.465 e. The summed E-state index contributed by atoms with van der Waals surface area (Å²) in [4.78, 5) is 47.1. The molecule has 8 nitrogen and oxygen atoms in total. The third-order valence-corrected chi connectivity index (χ3v) is 6.64. The van der Waals surface area contributed by atoms with Crippen LogP contribution < -0.4 is 5.56 Å². The van der Waals surface area contributed by atoms with E-state index in [2.05, 4.69) is 4.98 Å². The molecule has 0 unspecified atom stereocenters. The highest BCUT2D eigenvalue weighted by Crippen LogP contribution is 2.30. The van der Waals surface area contributed by atoms with Gasteiger partial charge in [-0.2, -0.15) is 0 Å². The minimum absolute atomic E-state index is 0.105. The number of hydrogen-bond donors (Lipinski definition) is 1. The first-order valence-electron chi connectivity index (χ1n) is 11.0. The molecule has 0 aliphatic rings. The third kappa shape index (κ3) is 4.19. The summed E-state index contributed by atoms with van der Waals surface area (Å²) < 4.78 is 11.7. The maximum absolute atomic E-state index is 13.8. The Labute approximate surface area is 200 Å². The van der Waals surface area contributed by atoms with Crippen molar-refractivity contribution in [3.63, 3.8) is 0 Å². The molecule has 1 N–H and O–H groups in total. The molecular formula is C25H25N3O5S. The molecule has 0 fully saturated rings. The maximum atomic E-state index is 13.8. The van der Waals surface area contributed by atoms with Crippen LogP contribution in [0.4, 0.5) is 0 Å². The lowest BCUT2D eigenvalue weighted by atomic mass is 10.1. The number of hydrogen-bond acceptors (Lipinski definition) is 7. The van der Waals surface area contributed by atoms with E-state index in [9.17, 15) is 14.4 Å². The number of rotatable bonds is 7. The summed E-state index contributed by atoms with van der Waals surface area (Å²) in [7, 11) is 0. The molecule has 4 rings (SSSR count). The fourth-order valence-corrected chi connectivity index (χ4v) is 4.72. The number of aryl methyl sites for hydroxylation is 1. The molecule has 0 atom stereocenters. The van der Waals surface area contributed by atoms with Crippen molar-refractivity contribution in [3.05, 3.63) is 63.9 Å². The fraction of sp³-hybridized carbons (Fsp3) is 0.280. The van der Waals surface area contributed by atoms with Crippen LogP contribution >= 0.6 is 11.8 Å². The molecule has 0 saturated heterocycles. The fourth-order valence-electron chi connectivity index (χ4n) is 3.75. The molecule has 34 heavy (non-hydrogen) atoms. The van der Waals surface area contributed by atoms with Crippen LogP contribution in [0.3, 0.4) is 0 Å². The molecule has 2 aromatic heterocycles. The van der Waals surface area contributed by atoms with Crippen LogP contribution in [0.1, 0.15) is 25.0 Å². The van der Waals surface area contributed by atoms with Gasteiger partial charge in [-0.1, -0.05) is 42.1 Å². The molecule has 0 bridgehead atoms. The number of benzene rings is 2. The van der Waals surface area contributed by atoms with Gasteiger partial charge < -0.3 is 14.5 Å². The molecule has 176 valence electrons. The number of para-hydroxylation sites is 1. The molecule has 2 aromatic carbocycles. The van der Waals surface area contributed by atoms with Gasteiger partial charge in [0, 0.05) is 10.9 Å². The Kier molecular flexibility index (Phi) is 6.74. The highest BCUT2D eigenvalue weighted by molar-refractivity contribution is 8.01. The molecule has 0 saturated carbocycles. The lowest BCUT2D eigenvalue weighted by Crippen LogP contribution is -2.32. The second-order valence-corrected chi connectivity index (χ2v) is 8.72. The quantitative estimate of drug-likeness (QED) is 0.184. The van der Waals surface area contributed by atoms with E-state index in [1.54, 1.807) is 13.8 Å². The van der Waals surface area contributed by atoms with E-state index >= 15 is 0 Å². The summed E-state index contributed by atoms with van der Waals surface area (Å²) >= 11 is 0.851. The van der Waals surface area contributed by atoms with Gasteiger partial charge in [0.1, 0.15) is 11.0 Å². The van der Waals surface area contributed by atoms with Crippen LogP contribution in [-0.2, 0) is 19.1 Å². The lowest BCUT2D eigenvalue weighted by molar-refractivity contribution is -0.152. The van der Waals surface area contributed by atoms with Crippen LogP contribution in [0.2, 0.25) is 0 Å². The van der Waals surface area contributed by atoms with Gasteiger partial charge >= 0.3 is 11.9 Å². The van der Waals surface area contributed by atoms with E-state index in [4.69, 9.17) is 14.5 Å². The van der Waals surface area contributed by atoms with Gasteiger partial charge in [0.15, 0.2) is 5.16 Å². The normalized spacial score (nSPS) is 11.3. The van der Waals surface area contributed by atoms with Crippen LogP contribution in [-0.4, -0.2) is 44.9 Å². The van der Waals surface area contributed by atoms with Gasteiger partial charge in [0.05, 0.1) is 18.9 Å². The number of fused-ring (bicyclic) bond motifs is 3. The number of carbonyl (C=O) groups is 2. The highest BCUT2D eigenvalue weighted by atomic mass is 32.2. The smallest absolute Gasteiger partial charge is 0.331 e. The van der Waals surface area contributed by atoms with Crippen LogP contribution in [0.25, 0.3) is 27.6 Å². The van der Waals surface area contributed by atoms with Crippen molar-refractivity contribution >= 4 is 45.6 Å². The summed E-state index contributed by atoms with van der Waals surface area (Å²) in [5.41, 5.74) is 3.74. The molecule has 0 radical (unpaired) electrons. The molecule has 0 spiro atoms. The Morgan fingerprint density at radius 1 is 1.03 bits per heavy atom. The summed E-state index contributed by atoms with van der Waals surface area (Å²) in [5.74, 6) is -1.49. The number of thioether (sulfide) groups is 1. The first kappa shape index (κ1) is 23.6. The van der Waals surface area contributed by atoms with E-state index in [1.807, 2.05) is 56.3 Å². The molecule has 0 amide bonds. The van der Waals surface area contributed by atoms with Crippen molar-refractivity contribution in [1.29, 1.82) is 0 Å². The second kappa shape index (κ2) is 9.72. The van der Waals surface area contributed by atoms with E-state index in [0.717, 1.165) is 33.8 Å². The Bertz CT molecular complexity index is 1440. The summed E-state index contributed by atoms with van der Waals surface area (Å²) in [6.07, 6.45) is 0. The monoisotopic (exact) mass is 479 g/mol. The van der Waals surface area contributed by atoms with Crippen LogP contribution in [0.15, 0.2) is 52.4 Å². The largest absolute Gasteiger partial charge is 0.465 e. The zero-order valence-corrected chi connectivity index (χ0v) is 20.2. The number of aromatic amines is 1. The van der Waals surface area contributed by atoms with Crippen LogP contribution in [0.5, 0.6) is 0 Å². The van der Waals surface area contributed by atoms with E-state index in [-0.39, 0.29) is 23.9 Å². The molecule has 2 heterocycles. The minimum atomic E-state index is -1.33. The number of nitrogens with zero attached hydrogens (tertiary/aromatic N) is 2. The number of ether oxygens (including phenoxy) is 2. The van der Waals surface area contributed by atoms with E-state index in [1.165, 1.54) is 4.57 Å². The van der Waals surface area contributed by atoms with Crippen molar-refractivity contribution in [2.75, 3.05) is 13.2 Å². The maximum Gasteiger partial charge on any atom is 0.331 e. The van der Waals surface area contributed by atoms with Gasteiger partial charge in [-0.3, -0.25) is 19.0 Å². The Balaban J connectivity index is 2.00. The predicted molar refractivity (Wildman–Crippen MR) is 132 cm³/mol. The van der Waals surface area contributed by atoms with Gasteiger partial charge in [0.2, 0.25) is 5.25 Å². The van der Waals surface area contributed by atoms with Gasteiger partial charge in [-0.25, -0.2) is 4.98 Å². The topological polar surface area (TPSA) is 103 Å². The molecule has 4 aromatic rings. The Morgan fingerprint density at radius 3 is 2.38 bits per heavy atom. The van der Waals surface area contributed by atoms with Crippen molar-refractivity contribution in [2.45, 2.75) is 38.1 Å². The summed E-state index contributed by atoms with van der Waals surface area (Å²) in [5, 5.41) is -0.360. The Hall–Kier alpha value is -3.59. The standard InChI is InChI=1S/C25H25N3O5S/c1-5-32-23(30)21(24(31)33-6-2)34-25-27-19-16-11-7-8-12-17(16)26-20(19)22(29)28(25)18-13-9-10-14(3)15(18)4/h7-13,21,26H,5-6H2,1-4H3. The Morgan fingerprint density at radius 2 is 1.71 bits per heavy atom. The second-order valence-electron chi connectivity index (χ2n) is 7.65. The molecule has 0 aliphatic carbocycles. The zero-order chi connectivity index (χ0) is 24.4. The van der Waals surface area contributed by atoms with E-state index in [0.29, 0.717) is 16.7 Å². The average Bonchev–Trinajstić information content (AvgIpc) is 3.19. The highest BCUT2D eigenvalue weighted by Gasteiger charge is 2.33. The molecular weight excluding hydrogens is 454 g/mol. The van der Waals surface area contributed by atoms with Crippen molar-refractivity contribution in [2.24, 2.45) is 0 Å². The number of nitrogens with one attached hydrogen (secondary N) is 1. The van der Waals surface area contributed by atoms with Crippen molar-refractivity contribution < 1.29 is 19.1 Å². The predicted octanol–water partition coefficient (Wildman–Crippen LogP) is 4.07. The van der Waals surface area contributed by atoms with Gasteiger partial charge in [0.25, 0.3) is 5.56 Å². The number of aromatic nitrogens is 3. The number of carbonyl (C=O) groups excluding carboxylic acids is 2. The first-order valence-corrected chi connectivity index (χ1v) is 11.8. The summed E-state index contributed by atoms with van der Waals surface area (Å²) in [6, 6.07) is 13.1. The number of H-pyrrole nitrogens is 1. The zero-order valence-electron chi connectivity index (χ0n) is 19.4. The van der Waals surface area contributed by atoms with Crippen LogP contribution in [0, 0.1) is 13.8 Å². The average molecular weight is 480 g/mol. The lowest BCUT2D eigenvalue weighted by Gasteiger charge is -2.18. The van der Waals surface area contributed by atoms with Gasteiger partial charge in [-0.15, -0.1) is 0 Å². The first-order chi connectivity index (χ1) is 16.4. The van der Waals surface area contributed by atoms with Crippen molar-refractivity contribution in [1.82, 2.24) is 14.5 Å². The molecule has 0 aliphatic heterocycles. The third-order valence-electron chi connectivity index (χ3n) is 5.54. The summed E-state index contributed by atoms with van der Waals surface area (Å²) in [6.45, 7) is 7.39. The van der Waals surface area contributed by atoms with Crippen molar-refractivity contribution in [3.8, 4) is 5.69 Å². The van der Waals surface area contributed by atoms with Gasteiger partial charge in [-0.05, 0) is 51.0 Å². The molecule has 9 heteroatoms.